The van der Waals surface area contributed by atoms with E-state index in [0.717, 1.165) is 36.8 Å². The van der Waals surface area contributed by atoms with Crippen LogP contribution in [0.2, 0.25) is 0 Å². The van der Waals surface area contributed by atoms with Crippen molar-refractivity contribution in [2.45, 2.75) is 64.6 Å². The van der Waals surface area contributed by atoms with Gasteiger partial charge in [0.25, 0.3) is 0 Å². The highest BCUT2D eigenvalue weighted by Gasteiger charge is 2.47. The molecular weight excluding hydrogens is 428 g/mol. The molecule has 0 spiro atoms. The van der Waals surface area contributed by atoms with E-state index in [2.05, 4.69) is 13.8 Å². The van der Waals surface area contributed by atoms with Crippen molar-refractivity contribution in [2.75, 3.05) is 19.8 Å². The number of hydrogen-bond acceptors (Lipinski definition) is 7. The van der Waals surface area contributed by atoms with Crippen molar-refractivity contribution in [3.63, 3.8) is 0 Å². The van der Waals surface area contributed by atoms with E-state index in [9.17, 15) is 14.7 Å². The molecule has 8 heteroatoms. The number of rotatable bonds is 11. The van der Waals surface area contributed by atoms with E-state index in [1.165, 1.54) is 0 Å². The lowest BCUT2D eigenvalue weighted by Gasteiger charge is -2.32. The quantitative estimate of drug-likeness (QED) is 0.427. The van der Waals surface area contributed by atoms with Crippen LogP contribution in [0.1, 0.15) is 50.7 Å². The molecular formula is C25H36O8. The third-order valence-electron chi connectivity index (χ3n) is 6.81. The van der Waals surface area contributed by atoms with Crippen LogP contribution in [0, 0.1) is 23.7 Å². The molecule has 0 aromatic heterocycles. The minimum absolute atomic E-state index is 0.0928. The van der Waals surface area contributed by atoms with Crippen LogP contribution in [-0.4, -0.2) is 59.5 Å². The highest BCUT2D eigenvalue weighted by molar-refractivity contribution is 5.68. The van der Waals surface area contributed by atoms with Gasteiger partial charge in [0, 0.05) is 0 Å². The molecule has 0 saturated heterocycles. The maximum absolute atomic E-state index is 12.1. The van der Waals surface area contributed by atoms with Crippen molar-refractivity contribution in [1.82, 2.24) is 0 Å². The molecule has 1 aromatic carbocycles. The summed E-state index contributed by atoms with van der Waals surface area (Å²) in [6.45, 7) is 3.42. The number of benzene rings is 1. The summed E-state index contributed by atoms with van der Waals surface area (Å²) >= 11 is 0. The van der Waals surface area contributed by atoms with Crippen molar-refractivity contribution < 1.29 is 39.1 Å². The lowest BCUT2D eigenvalue weighted by Crippen LogP contribution is -2.30. The first kappa shape index (κ1) is 25.3. The van der Waals surface area contributed by atoms with Crippen LogP contribution >= 0.6 is 0 Å². The molecule has 0 amide bonds. The van der Waals surface area contributed by atoms with Gasteiger partial charge in [-0.15, -0.1) is 0 Å². The summed E-state index contributed by atoms with van der Waals surface area (Å²) in [4.78, 5) is 23.1. The summed E-state index contributed by atoms with van der Waals surface area (Å²) in [5.41, 5.74) is 2.16. The molecule has 3 N–H and O–H groups in total. The van der Waals surface area contributed by atoms with Crippen LogP contribution < -0.4 is 4.74 Å². The van der Waals surface area contributed by atoms with E-state index in [-0.39, 0.29) is 43.7 Å². The molecule has 3 rings (SSSR count). The Hall–Kier alpha value is -2.32. The van der Waals surface area contributed by atoms with Gasteiger partial charge in [-0.05, 0) is 79.4 Å². The zero-order chi connectivity index (χ0) is 24.0. The van der Waals surface area contributed by atoms with E-state index in [0.29, 0.717) is 24.5 Å². The van der Waals surface area contributed by atoms with Gasteiger partial charge in [0.2, 0.25) is 0 Å². The van der Waals surface area contributed by atoms with Crippen LogP contribution in [0.4, 0.5) is 4.79 Å². The molecule has 1 aromatic rings. The Balaban J connectivity index is 1.75. The monoisotopic (exact) mass is 464 g/mol. The summed E-state index contributed by atoms with van der Waals surface area (Å²) in [6, 6.07) is 5.73. The Morgan fingerprint density at radius 3 is 2.70 bits per heavy atom. The van der Waals surface area contributed by atoms with Gasteiger partial charge in [-0.25, -0.2) is 9.59 Å². The molecule has 0 radical (unpaired) electrons. The SMILES string of the molecule is CC(C)C[C@H](O)CC[C@@H]1C2Cc3cccc(OCC(=O)O)c3CC2C[C@H]1OC(=O)OCCO. The Morgan fingerprint density at radius 2 is 2.00 bits per heavy atom. The van der Waals surface area contributed by atoms with E-state index in [4.69, 9.17) is 24.4 Å². The number of aliphatic carboxylic acids is 1. The molecule has 2 unspecified atom stereocenters. The molecule has 0 aliphatic heterocycles. The number of ether oxygens (including phenoxy) is 3. The fourth-order valence-electron chi connectivity index (χ4n) is 5.52. The van der Waals surface area contributed by atoms with Crippen molar-refractivity contribution in [1.29, 1.82) is 0 Å². The van der Waals surface area contributed by atoms with Gasteiger partial charge >= 0.3 is 12.1 Å². The first-order valence-corrected chi connectivity index (χ1v) is 11.9. The minimum atomic E-state index is -1.02. The fourth-order valence-corrected chi connectivity index (χ4v) is 5.52. The predicted octanol–water partition coefficient (Wildman–Crippen LogP) is 3.20. The van der Waals surface area contributed by atoms with Crippen LogP contribution in [-0.2, 0) is 27.1 Å². The van der Waals surface area contributed by atoms with Crippen LogP contribution in [0.5, 0.6) is 5.75 Å². The lowest BCUT2D eigenvalue weighted by molar-refractivity contribution is -0.139. The van der Waals surface area contributed by atoms with Crippen molar-refractivity contribution in [2.24, 2.45) is 23.7 Å². The van der Waals surface area contributed by atoms with Crippen LogP contribution in [0.25, 0.3) is 0 Å². The number of hydrogen-bond donors (Lipinski definition) is 3. The van der Waals surface area contributed by atoms with Crippen molar-refractivity contribution in [3.8, 4) is 5.75 Å². The number of aliphatic hydroxyl groups excluding tert-OH is 2. The predicted molar refractivity (Wildman–Crippen MR) is 120 cm³/mol. The number of carbonyl (C=O) groups is 2. The number of fused-ring (bicyclic) bond motifs is 2. The normalized spacial score (nSPS) is 24.6. The Bertz CT molecular complexity index is 808. The number of carboxylic acids is 1. The van der Waals surface area contributed by atoms with Crippen LogP contribution in [0.15, 0.2) is 18.2 Å². The van der Waals surface area contributed by atoms with E-state index in [1.807, 2.05) is 12.1 Å². The molecule has 0 heterocycles. The molecule has 33 heavy (non-hydrogen) atoms. The Morgan fingerprint density at radius 1 is 1.21 bits per heavy atom. The molecule has 2 aliphatic rings. The maximum Gasteiger partial charge on any atom is 0.508 e. The second-order valence-corrected chi connectivity index (χ2v) is 9.65. The second kappa shape index (κ2) is 11.7. The molecule has 0 bridgehead atoms. The van der Waals surface area contributed by atoms with Gasteiger partial charge in [-0.2, -0.15) is 0 Å². The third kappa shape index (κ3) is 6.84. The molecule has 1 saturated carbocycles. The average Bonchev–Trinajstić information content (AvgIpc) is 3.08. The molecule has 8 nitrogen and oxygen atoms in total. The lowest BCUT2D eigenvalue weighted by atomic mass is 9.73. The second-order valence-electron chi connectivity index (χ2n) is 9.65. The zero-order valence-electron chi connectivity index (χ0n) is 19.4. The largest absolute Gasteiger partial charge is 0.508 e. The first-order valence-electron chi connectivity index (χ1n) is 11.9. The number of carboxylic acid groups (broad SMARTS) is 1. The fraction of sp³-hybridized carbons (Fsp3) is 0.680. The van der Waals surface area contributed by atoms with E-state index >= 15 is 0 Å². The first-order chi connectivity index (χ1) is 15.8. The summed E-state index contributed by atoms with van der Waals surface area (Å²) in [6.07, 6.45) is 2.84. The minimum Gasteiger partial charge on any atom is -0.482 e. The van der Waals surface area contributed by atoms with Crippen molar-refractivity contribution in [3.05, 3.63) is 29.3 Å². The molecule has 2 aliphatic carbocycles. The van der Waals surface area contributed by atoms with E-state index < -0.39 is 18.2 Å². The topological polar surface area (TPSA) is 123 Å². The summed E-state index contributed by atoms with van der Waals surface area (Å²) in [7, 11) is 0. The van der Waals surface area contributed by atoms with Gasteiger partial charge < -0.3 is 29.5 Å². The summed E-state index contributed by atoms with van der Waals surface area (Å²) < 4.78 is 16.1. The van der Waals surface area contributed by atoms with E-state index in [1.54, 1.807) is 6.07 Å². The smallest absolute Gasteiger partial charge is 0.482 e. The zero-order valence-corrected chi connectivity index (χ0v) is 19.4. The summed E-state index contributed by atoms with van der Waals surface area (Å²) in [5, 5.41) is 28.3. The van der Waals surface area contributed by atoms with Gasteiger partial charge in [0.05, 0.1) is 12.7 Å². The standard InChI is InChI=1S/C25H36O8/c1-15(2)10-18(27)6-7-19-20-11-16-4-3-5-22(32-14-24(28)29)21(16)12-17(20)13-23(19)33-25(30)31-9-8-26/h3-5,15,17-20,23,26-27H,6-14H2,1-2H3,(H,28,29)/t17?,18-,19-,20?,23-/m1/s1. The molecule has 1 fully saturated rings. The van der Waals surface area contributed by atoms with Gasteiger partial charge in [0.1, 0.15) is 18.5 Å². The summed E-state index contributed by atoms with van der Waals surface area (Å²) in [5.74, 6) is 0.628. The van der Waals surface area contributed by atoms with Gasteiger partial charge in [-0.3, -0.25) is 0 Å². The highest BCUT2D eigenvalue weighted by atomic mass is 16.7. The molecule has 184 valence electrons. The highest BCUT2D eigenvalue weighted by Crippen LogP contribution is 2.49. The number of aliphatic hydroxyl groups is 2. The third-order valence-corrected chi connectivity index (χ3v) is 6.81. The number of carbonyl (C=O) groups excluding carboxylic acids is 1. The molecule has 5 atom stereocenters. The van der Waals surface area contributed by atoms with Gasteiger partial charge in [-0.1, -0.05) is 26.0 Å². The van der Waals surface area contributed by atoms with Gasteiger partial charge in [0.15, 0.2) is 6.61 Å². The Kier molecular flexibility index (Phi) is 8.97. The maximum atomic E-state index is 12.1. The Labute approximate surface area is 194 Å². The van der Waals surface area contributed by atoms with Crippen molar-refractivity contribution >= 4 is 12.1 Å². The average molecular weight is 465 g/mol. The van der Waals surface area contributed by atoms with Crippen LogP contribution in [0.3, 0.4) is 0 Å².